The van der Waals surface area contributed by atoms with Gasteiger partial charge in [0.25, 0.3) is 0 Å². The predicted octanol–water partition coefficient (Wildman–Crippen LogP) is 6.85. The largest absolute Gasteiger partial charge is 2.00 e. The molecule has 0 fully saturated rings. The van der Waals surface area contributed by atoms with Gasteiger partial charge in [-0.25, -0.2) is 0 Å². The van der Waals surface area contributed by atoms with E-state index in [-0.39, 0.29) is 33.6 Å². The molecule has 0 aliphatic heterocycles. The Bertz CT molecular complexity index is 1120. The van der Waals surface area contributed by atoms with Crippen molar-refractivity contribution < 1.29 is 26.9 Å². The summed E-state index contributed by atoms with van der Waals surface area (Å²) in [5.74, 6) is -0.0376. The fourth-order valence-corrected chi connectivity index (χ4v) is 3.44. The molecule has 3 aromatic rings. The summed E-state index contributed by atoms with van der Waals surface area (Å²) in [6.45, 7) is 12.6. The van der Waals surface area contributed by atoms with E-state index in [1.807, 2.05) is 54.6 Å². The molecule has 0 saturated carbocycles. The summed E-state index contributed by atoms with van der Waals surface area (Å²) < 4.78 is 5.56. The van der Waals surface area contributed by atoms with E-state index in [0.29, 0.717) is 11.4 Å². The normalized spacial score (nSPS) is 12.9. The molecule has 2 aromatic carbocycles. The van der Waals surface area contributed by atoms with Crippen LogP contribution in [0.3, 0.4) is 0 Å². The van der Waals surface area contributed by atoms with Crippen LogP contribution in [0.5, 0.6) is 5.75 Å². The fourth-order valence-electron chi connectivity index (χ4n) is 3.44. The molecule has 0 bridgehead atoms. The number of para-hydroxylation sites is 1. The molecule has 183 valence electrons. The van der Waals surface area contributed by atoms with Crippen LogP contribution < -0.4 is 5.11 Å². The van der Waals surface area contributed by atoms with Crippen molar-refractivity contribution in [1.29, 1.82) is 0 Å². The standard InChI is InChI=1S/C28H34N3O2.Cu/c1-27(2,3)20-16-21(28(4,5)6)25(32)24(17-20)30-18-19-12-8-9-13-22(19)31-26(33-7)23-14-10-11-15-29-23;/h8-18,26H,1-7H3,(H-,30,31,32);/q-1;+2/p-1/t26-;/m0./s1. The minimum atomic E-state index is -0.535. The molecule has 1 radical (unpaired) electrons. The van der Waals surface area contributed by atoms with E-state index < -0.39 is 6.23 Å². The molecule has 0 aliphatic rings. The van der Waals surface area contributed by atoms with Crippen LogP contribution in [0.25, 0.3) is 5.32 Å². The summed E-state index contributed by atoms with van der Waals surface area (Å²) in [5, 5.41) is 18.0. The van der Waals surface area contributed by atoms with Crippen molar-refractivity contribution in [2.75, 3.05) is 7.11 Å². The predicted molar refractivity (Wildman–Crippen MR) is 134 cm³/mol. The van der Waals surface area contributed by atoms with Crippen LogP contribution in [0.1, 0.15) is 70.2 Å². The number of benzene rings is 2. The Labute approximate surface area is 214 Å². The third-order valence-electron chi connectivity index (χ3n) is 5.44. The van der Waals surface area contributed by atoms with Gasteiger partial charge in [-0.3, -0.25) is 9.98 Å². The Morgan fingerprint density at radius 3 is 2.24 bits per heavy atom. The zero-order valence-electron chi connectivity index (χ0n) is 20.9. The number of hydrogen-bond acceptors (Lipinski definition) is 4. The van der Waals surface area contributed by atoms with Gasteiger partial charge < -0.3 is 15.2 Å². The van der Waals surface area contributed by atoms with Crippen LogP contribution in [0.2, 0.25) is 0 Å². The van der Waals surface area contributed by atoms with E-state index in [1.54, 1.807) is 19.5 Å². The molecule has 6 heteroatoms. The molecule has 0 aliphatic carbocycles. The van der Waals surface area contributed by atoms with Crippen LogP contribution >= 0.6 is 0 Å². The summed E-state index contributed by atoms with van der Waals surface area (Å²) in [6.07, 6.45) is 2.89. The summed E-state index contributed by atoms with van der Waals surface area (Å²) in [5.41, 5.74) is 4.17. The monoisotopic (exact) mass is 506 g/mol. The Hall–Kier alpha value is -2.66. The van der Waals surface area contributed by atoms with Gasteiger partial charge in [0.1, 0.15) is 0 Å². The summed E-state index contributed by atoms with van der Waals surface area (Å²) >= 11 is 0. The third-order valence-corrected chi connectivity index (χ3v) is 5.44. The van der Waals surface area contributed by atoms with Gasteiger partial charge in [0.05, 0.1) is 11.4 Å². The van der Waals surface area contributed by atoms with Gasteiger partial charge >= 0.3 is 17.1 Å². The molecule has 5 nitrogen and oxygen atoms in total. The molecular weight excluding hydrogens is 474 g/mol. The molecule has 1 aromatic heterocycles. The first-order chi connectivity index (χ1) is 15.5. The number of aromatic nitrogens is 1. The van der Waals surface area contributed by atoms with Gasteiger partial charge in [0.15, 0.2) is 0 Å². The van der Waals surface area contributed by atoms with Gasteiger partial charge in [-0.2, -0.15) is 0 Å². The van der Waals surface area contributed by atoms with Crippen LogP contribution in [-0.2, 0) is 32.6 Å². The Morgan fingerprint density at radius 2 is 1.65 bits per heavy atom. The molecule has 1 heterocycles. The van der Waals surface area contributed by atoms with Crippen molar-refractivity contribution in [3.8, 4) is 5.75 Å². The SMILES string of the molecule is CO[C@H]([N-]c1ccccc1C=Nc1cc(C(C)(C)C)cc(C(C)(C)C)c1[O-])c1ccccn1.[Cu+2]. The van der Waals surface area contributed by atoms with Crippen molar-refractivity contribution in [2.45, 2.75) is 58.6 Å². The minimum absolute atomic E-state index is 0. The number of pyridine rings is 1. The van der Waals surface area contributed by atoms with Crippen LogP contribution in [0.15, 0.2) is 65.8 Å². The van der Waals surface area contributed by atoms with Gasteiger partial charge in [0, 0.05) is 25.7 Å². The fraction of sp³-hybridized carbons (Fsp3) is 0.357. The molecule has 0 saturated heterocycles. The maximum absolute atomic E-state index is 13.2. The van der Waals surface area contributed by atoms with E-state index in [1.165, 1.54) is 0 Å². The van der Waals surface area contributed by atoms with Crippen molar-refractivity contribution >= 4 is 17.6 Å². The second-order valence-corrected chi connectivity index (χ2v) is 10.2. The van der Waals surface area contributed by atoms with E-state index in [2.05, 4.69) is 51.5 Å². The number of ether oxygens (including phenoxy) is 1. The van der Waals surface area contributed by atoms with Gasteiger partial charge in [-0.15, -0.1) is 5.69 Å². The molecule has 1 atom stereocenters. The summed E-state index contributed by atoms with van der Waals surface area (Å²) in [6, 6.07) is 17.2. The second kappa shape index (κ2) is 11.2. The van der Waals surface area contributed by atoms with Crippen molar-refractivity contribution in [3.63, 3.8) is 0 Å². The molecule has 34 heavy (non-hydrogen) atoms. The average Bonchev–Trinajstić information content (AvgIpc) is 2.76. The van der Waals surface area contributed by atoms with E-state index in [9.17, 15) is 5.11 Å². The van der Waals surface area contributed by atoms with Crippen LogP contribution in [0.4, 0.5) is 11.4 Å². The van der Waals surface area contributed by atoms with Gasteiger partial charge in [-0.05, 0) is 45.7 Å². The molecular formula is C28H33CuN3O2. The number of methoxy groups -OCH3 is 1. The van der Waals surface area contributed by atoms with Crippen LogP contribution in [0, 0.1) is 0 Å². The van der Waals surface area contributed by atoms with Crippen molar-refractivity contribution in [3.05, 3.63) is 88.5 Å². The number of rotatable bonds is 6. The second-order valence-electron chi connectivity index (χ2n) is 10.2. The minimum Gasteiger partial charge on any atom is -0.871 e. The Balaban J connectivity index is 0.00000408. The van der Waals surface area contributed by atoms with E-state index in [4.69, 9.17) is 10.1 Å². The molecule has 0 unspecified atom stereocenters. The Morgan fingerprint density at radius 1 is 0.971 bits per heavy atom. The van der Waals surface area contributed by atoms with E-state index in [0.717, 1.165) is 22.4 Å². The average molecular weight is 507 g/mol. The molecule has 0 spiro atoms. The first kappa shape index (κ1) is 27.6. The van der Waals surface area contributed by atoms with E-state index >= 15 is 0 Å². The first-order valence-corrected chi connectivity index (χ1v) is 11.1. The molecule has 0 amide bonds. The topological polar surface area (TPSA) is 71.6 Å². The van der Waals surface area contributed by atoms with Crippen molar-refractivity contribution in [2.24, 2.45) is 4.99 Å². The zero-order chi connectivity index (χ0) is 24.2. The van der Waals surface area contributed by atoms with Crippen LogP contribution in [-0.4, -0.2) is 18.3 Å². The van der Waals surface area contributed by atoms with Gasteiger partial charge in [-0.1, -0.05) is 83.7 Å². The Kier molecular flexibility index (Phi) is 9.07. The maximum Gasteiger partial charge on any atom is 2.00 e. The maximum atomic E-state index is 13.2. The smallest absolute Gasteiger partial charge is 0.871 e. The number of nitrogens with zero attached hydrogens (tertiary/aromatic N) is 3. The zero-order valence-corrected chi connectivity index (χ0v) is 21.8. The van der Waals surface area contributed by atoms with Gasteiger partial charge in [0.2, 0.25) is 0 Å². The summed E-state index contributed by atoms with van der Waals surface area (Å²) in [4.78, 5) is 8.99. The third kappa shape index (κ3) is 6.69. The summed E-state index contributed by atoms with van der Waals surface area (Å²) in [7, 11) is 1.61. The van der Waals surface area contributed by atoms with Crippen molar-refractivity contribution in [1.82, 2.24) is 4.98 Å². The number of aliphatic imine (C=N–C) groups is 1. The molecule has 0 N–H and O–H groups in total. The first-order valence-electron chi connectivity index (χ1n) is 11.1. The quantitative estimate of drug-likeness (QED) is 0.271. The number of hydrogen-bond donors (Lipinski definition) is 0. The molecule has 3 rings (SSSR count).